The molecule has 1 aromatic carbocycles. The Bertz CT molecular complexity index is 459. The third-order valence-electron chi connectivity index (χ3n) is 4.20. The zero-order valence-corrected chi connectivity index (χ0v) is 11.7. The maximum Gasteiger partial charge on any atom is 0.269 e. The fourth-order valence-electron chi connectivity index (χ4n) is 3.01. The van der Waals surface area contributed by atoms with Gasteiger partial charge in [-0.15, -0.1) is 0 Å². The molecule has 1 fully saturated rings. The fraction of sp³-hybridized carbons (Fsp3) is 0.600. The summed E-state index contributed by atoms with van der Waals surface area (Å²) < 4.78 is 0. The molecule has 0 amide bonds. The van der Waals surface area contributed by atoms with Crippen LogP contribution in [0.5, 0.6) is 0 Å². The average molecular weight is 262 g/mol. The molecular formula is C15H22N2O2. The smallest absolute Gasteiger partial charge is 0.269 e. The van der Waals surface area contributed by atoms with Crippen LogP contribution >= 0.6 is 0 Å². The van der Waals surface area contributed by atoms with E-state index in [0.29, 0.717) is 6.04 Å². The summed E-state index contributed by atoms with van der Waals surface area (Å²) in [6, 6.07) is 5.58. The van der Waals surface area contributed by atoms with E-state index in [2.05, 4.69) is 12.2 Å². The molecule has 0 radical (unpaired) electrons. The summed E-state index contributed by atoms with van der Waals surface area (Å²) in [5, 5.41) is 14.3. The number of anilines is 1. The maximum absolute atomic E-state index is 10.7. The number of nitrogens with one attached hydrogen (secondary N) is 1. The molecule has 2 atom stereocenters. The number of aryl methyl sites for hydroxylation is 1. The average Bonchev–Trinajstić information content (AvgIpc) is 2.41. The van der Waals surface area contributed by atoms with Gasteiger partial charge in [-0.2, -0.15) is 0 Å². The van der Waals surface area contributed by atoms with Crippen molar-refractivity contribution < 1.29 is 4.92 Å². The minimum absolute atomic E-state index is 0.165. The van der Waals surface area contributed by atoms with E-state index in [1.807, 2.05) is 13.0 Å². The molecule has 0 heterocycles. The molecule has 0 saturated heterocycles. The molecule has 2 unspecified atom stereocenters. The Labute approximate surface area is 114 Å². The number of non-ortho nitro benzene ring substituents is 1. The molecule has 19 heavy (non-hydrogen) atoms. The molecular weight excluding hydrogens is 240 g/mol. The lowest BCUT2D eigenvalue weighted by molar-refractivity contribution is -0.384. The normalized spacial score (nSPS) is 23.1. The summed E-state index contributed by atoms with van der Waals surface area (Å²) in [5.74, 6) is 0.725. The van der Waals surface area contributed by atoms with Crippen molar-refractivity contribution >= 4 is 11.4 Å². The Balaban J connectivity index is 2.11. The summed E-state index contributed by atoms with van der Waals surface area (Å²) >= 11 is 0. The van der Waals surface area contributed by atoms with E-state index in [1.54, 1.807) is 12.1 Å². The summed E-state index contributed by atoms with van der Waals surface area (Å²) in [7, 11) is 0. The number of hydrogen-bond donors (Lipinski definition) is 1. The summed E-state index contributed by atoms with van der Waals surface area (Å²) in [5.41, 5.74) is 2.16. The first-order valence-electron chi connectivity index (χ1n) is 7.13. The van der Waals surface area contributed by atoms with Gasteiger partial charge in [0.15, 0.2) is 0 Å². The number of nitrogens with zero attached hydrogens (tertiary/aromatic N) is 1. The van der Waals surface area contributed by atoms with Gasteiger partial charge in [-0.1, -0.05) is 26.2 Å². The Morgan fingerprint density at radius 2 is 2.11 bits per heavy atom. The molecule has 1 N–H and O–H groups in total. The van der Waals surface area contributed by atoms with Crippen LogP contribution in [0.1, 0.15) is 44.6 Å². The molecule has 0 bridgehead atoms. The van der Waals surface area contributed by atoms with Gasteiger partial charge in [-0.25, -0.2) is 0 Å². The second-order valence-electron chi connectivity index (χ2n) is 5.46. The van der Waals surface area contributed by atoms with Crippen molar-refractivity contribution in [3.8, 4) is 0 Å². The van der Waals surface area contributed by atoms with Crippen molar-refractivity contribution in [2.24, 2.45) is 5.92 Å². The number of nitro groups is 1. The number of hydrogen-bond acceptors (Lipinski definition) is 3. The Morgan fingerprint density at radius 1 is 1.37 bits per heavy atom. The molecule has 2 rings (SSSR count). The molecule has 104 valence electrons. The van der Waals surface area contributed by atoms with Gasteiger partial charge in [0.05, 0.1) is 4.92 Å². The second kappa shape index (κ2) is 6.04. The van der Waals surface area contributed by atoms with E-state index >= 15 is 0 Å². The van der Waals surface area contributed by atoms with Crippen LogP contribution in [0.15, 0.2) is 18.2 Å². The first-order valence-corrected chi connectivity index (χ1v) is 7.13. The zero-order valence-electron chi connectivity index (χ0n) is 11.7. The van der Waals surface area contributed by atoms with Crippen molar-refractivity contribution in [2.45, 2.75) is 52.0 Å². The Hall–Kier alpha value is -1.58. The van der Waals surface area contributed by atoms with Gasteiger partial charge in [0.2, 0.25) is 0 Å². The van der Waals surface area contributed by atoms with Crippen molar-refractivity contribution in [1.29, 1.82) is 0 Å². The van der Waals surface area contributed by atoms with Crippen molar-refractivity contribution in [3.05, 3.63) is 33.9 Å². The predicted molar refractivity (Wildman–Crippen MR) is 77.5 cm³/mol. The second-order valence-corrected chi connectivity index (χ2v) is 5.46. The number of benzene rings is 1. The van der Waals surface area contributed by atoms with Crippen LogP contribution < -0.4 is 5.32 Å². The van der Waals surface area contributed by atoms with Crippen molar-refractivity contribution in [3.63, 3.8) is 0 Å². The van der Waals surface area contributed by atoms with E-state index in [1.165, 1.54) is 32.1 Å². The third kappa shape index (κ3) is 3.25. The van der Waals surface area contributed by atoms with Gasteiger partial charge in [0.1, 0.15) is 0 Å². The first kappa shape index (κ1) is 13.8. The predicted octanol–water partition coefficient (Wildman–Crippen LogP) is 4.28. The van der Waals surface area contributed by atoms with Gasteiger partial charge in [0, 0.05) is 23.9 Å². The lowest BCUT2D eigenvalue weighted by Crippen LogP contribution is -2.32. The Morgan fingerprint density at radius 3 is 2.74 bits per heavy atom. The SMILES string of the molecule is CCC1CCCCC1Nc1ccc([N+](=O)[O-])cc1C. The highest BCUT2D eigenvalue weighted by molar-refractivity contribution is 5.56. The molecule has 4 nitrogen and oxygen atoms in total. The van der Waals surface area contributed by atoms with Crippen molar-refractivity contribution in [2.75, 3.05) is 5.32 Å². The first-order chi connectivity index (χ1) is 9.11. The molecule has 0 aromatic heterocycles. The molecule has 4 heteroatoms. The highest BCUT2D eigenvalue weighted by Crippen LogP contribution is 2.31. The minimum atomic E-state index is -0.341. The van der Waals surface area contributed by atoms with Gasteiger partial charge >= 0.3 is 0 Å². The maximum atomic E-state index is 10.7. The zero-order chi connectivity index (χ0) is 13.8. The van der Waals surface area contributed by atoms with Gasteiger partial charge < -0.3 is 5.32 Å². The molecule has 1 saturated carbocycles. The summed E-state index contributed by atoms with van der Waals surface area (Å²) in [4.78, 5) is 10.4. The van der Waals surface area contributed by atoms with E-state index in [0.717, 1.165) is 17.2 Å². The van der Waals surface area contributed by atoms with Gasteiger partial charge in [0.25, 0.3) is 5.69 Å². The van der Waals surface area contributed by atoms with Crippen LogP contribution in [0.25, 0.3) is 0 Å². The summed E-state index contributed by atoms with van der Waals surface area (Å²) in [6.45, 7) is 4.17. The van der Waals surface area contributed by atoms with Crippen LogP contribution in [0.2, 0.25) is 0 Å². The van der Waals surface area contributed by atoms with E-state index in [9.17, 15) is 10.1 Å². The lowest BCUT2D eigenvalue weighted by atomic mass is 9.82. The van der Waals surface area contributed by atoms with E-state index in [4.69, 9.17) is 0 Å². The number of nitro benzene ring substituents is 1. The van der Waals surface area contributed by atoms with Crippen LogP contribution in [0.3, 0.4) is 0 Å². The minimum Gasteiger partial charge on any atom is -0.382 e. The topological polar surface area (TPSA) is 55.2 Å². The molecule has 1 aliphatic carbocycles. The van der Waals surface area contributed by atoms with Crippen LogP contribution in [0.4, 0.5) is 11.4 Å². The largest absolute Gasteiger partial charge is 0.382 e. The van der Waals surface area contributed by atoms with Crippen LogP contribution in [0, 0.1) is 23.0 Å². The van der Waals surface area contributed by atoms with Crippen LogP contribution in [-0.2, 0) is 0 Å². The highest BCUT2D eigenvalue weighted by Gasteiger charge is 2.23. The quantitative estimate of drug-likeness (QED) is 0.650. The van der Waals surface area contributed by atoms with Gasteiger partial charge in [-0.05, 0) is 37.3 Å². The molecule has 1 aromatic rings. The van der Waals surface area contributed by atoms with E-state index < -0.39 is 0 Å². The van der Waals surface area contributed by atoms with E-state index in [-0.39, 0.29) is 10.6 Å². The fourth-order valence-corrected chi connectivity index (χ4v) is 3.01. The monoisotopic (exact) mass is 262 g/mol. The standard InChI is InChI=1S/C15H22N2O2/c1-3-12-6-4-5-7-15(12)16-14-9-8-13(17(18)19)10-11(14)2/h8-10,12,15-16H,3-7H2,1-2H3. The molecule has 0 spiro atoms. The number of rotatable bonds is 4. The summed E-state index contributed by atoms with van der Waals surface area (Å²) in [6.07, 6.45) is 6.30. The molecule has 0 aliphatic heterocycles. The third-order valence-corrected chi connectivity index (χ3v) is 4.20. The Kier molecular flexibility index (Phi) is 4.40. The highest BCUT2D eigenvalue weighted by atomic mass is 16.6. The lowest BCUT2D eigenvalue weighted by Gasteiger charge is -2.32. The van der Waals surface area contributed by atoms with Crippen molar-refractivity contribution in [1.82, 2.24) is 0 Å². The van der Waals surface area contributed by atoms with Gasteiger partial charge in [-0.3, -0.25) is 10.1 Å². The molecule has 1 aliphatic rings. The van der Waals surface area contributed by atoms with Crippen LogP contribution in [-0.4, -0.2) is 11.0 Å².